The van der Waals surface area contributed by atoms with Crippen molar-refractivity contribution in [2.75, 3.05) is 0 Å². The van der Waals surface area contributed by atoms with Crippen LogP contribution in [-0.4, -0.2) is 17.6 Å². The molecule has 2 atom stereocenters. The number of hydrogen-bond donors (Lipinski definition) is 2. The zero-order valence-corrected chi connectivity index (χ0v) is 11.1. The predicted octanol–water partition coefficient (Wildman–Crippen LogP) is 2.51. The van der Waals surface area contributed by atoms with E-state index in [9.17, 15) is 18.0 Å². The minimum Gasteiger partial charge on any atom is -0.347 e. The second kappa shape index (κ2) is 4.89. The molecule has 1 heterocycles. The van der Waals surface area contributed by atoms with Crippen LogP contribution in [0, 0.1) is 6.92 Å². The van der Waals surface area contributed by atoms with Crippen LogP contribution in [-0.2, 0) is 4.79 Å². The van der Waals surface area contributed by atoms with Gasteiger partial charge in [-0.25, -0.2) is 0 Å². The number of thiophene rings is 1. The van der Waals surface area contributed by atoms with Crippen molar-refractivity contribution in [1.82, 2.24) is 5.32 Å². The molecule has 2 unspecified atom stereocenters. The first-order valence-corrected chi connectivity index (χ1v) is 6.10. The van der Waals surface area contributed by atoms with Gasteiger partial charge in [0.15, 0.2) is 5.54 Å². The smallest absolute Gasteiger partial charge is 0.347 e. The fraction of sp³-hybridized carbons (Fsp3) is 0.545. The van der Waals surface area contributed by atoms with E-state index in [1.807, 2.05) is 13.0 Å². The van der Waals surface area contributed by atoms with Gasteiger partial charge in [-0.15, -0.1) is 11.3 Å². The van der Waals surface area contributed by atoms with E-state index in [0.29, 0.717) is 6.92 Å². The molecular formula is C11H15F3N2OS. The van der Waals surface area contributed by atoms with Crippen molar-refractivity contribution >= 4 is 17.2 Å². The Morgan fingerprint density at radius 2 is 2.00 bits per heavy atom. The molecule has 1 amide bonds. The summed E-state index contributed by atoms with van der Waals surface area (Å²) in [5, 5.41) is 2.28. The molecule has 0 saturated carbocycles. The Morgan fingerprint density at radius 3 is 2.39 bits per heavy atom. The van der Waals surface area contributed by atoms with Gasteiger partial charge in [0.1, 0.15) is 0 Å². The first kappa shape index (κ1) is 15.0. The summed E-state index contributed by atoms with van der Waals surface area (Å²) in [5.41, 5.74) is 2.15. The van der Waals surface area contributed by atoms with Crippen molar-refractivity contribution in [3.63, 3.8) is 0 Å². The fourth-order valence-electron chi connectivity index (χ4n) is 1.23. The van der Waals surface area contributed by atoms with Gasteiger partial charge >= 0.3 is 6.18 Å². The van der Waals surface area contributed by atoms with Crippen LogP contribution in [0.2, 0.25) is 0 Å². The minimum absolute atomic E-state index is 0.499. The first-order valence-electron chi connectivity index (χ1n) is 5.28. The molecular weight excluding hydrogens is 265 g/mol. The molecule has 1 aromatic heterocycles. The van der Waals surface area contributed by atoms with Crippen LogP contribution in [0.25, 0.3) is 0 Å². The van der Waals surface area contributed by atoms with Gasteiger partial charge in [0.25, 0.3) is 0 Å². The quantitative estimate of drug-likeness (QED) is 0.894. The maximum absolute atomic E-state index is 12.6. The van der Waals surface area contributed by atoms with Crippen LogP contribution in [0.15, 0.2) is 12.1 Å². The highest BCUT2D eigenvalue weighted by molar-refractivity contribution is 7.12. The van der Waals surface area contributed by atoms with Gasteiger partial charge in [0.05, 0.1) is 6.04 Å². The average molecular weight is 280 g/mol. The molecule has 18 heavy (non-hydrogen) atoms. The molecule has 1 rings (SSSR count). The van der Waals surface area contributed by atoms with Gasteiger partial charge in [0, 0.05) is 9.75 Å². The lowest BCUT2D eigenvalue weighted by Gasteiger charge is -2.27. The number of alkyl halides is 3. The van der Waals surface area contributed by atoms with Crippen molar-refractivity contribution in [3.8, 4) is 0 Å². The van der Waals surface area contributed by atoms with E-state index in [0.717, 1.165) is 9.75 Å². The van der Waals surface area contributed by atoms with Crippen LogP contribution in [0.1, 0.15) is 29.6 Å². The number of carbonyl (C=O) groups is 1. The molecule has 0 radical (unpaired) electrons. The molecule has 3 N–H and O–H groups in total. The van der Waals surface area contributed by atoms with E-state index in [-0.39, 0.29) is 0 Å². The van der Waals surface area contributed by atoms with Gasteiger partial charge in [-0.05, 0) is 32.9 Å². The Bertz CT molecular complexity index is 440. The number of amides is 1. The van der Waals surface area contributed by atoms with Gasteiger partial charge in [-0.2, -0.15) is 13.2 Å². The molecule has 0 aliphatic rings. The van der Waals surface area contributed by atoms with Crippen LogP contribution in [0.4, 0.5) is 13.2 Å². The van der Waals surface area contributed by atoms with E-state index >= 15 is 0 Å². The molecule has 0 bridgehead atoms. The summed E-state index contributed by atoms with van der Waals surface area (Å²) in [6.07, 6.45) is -4.78. The van der Waals surface area contributed by atoms with Crippen LogP contribution in [0.5, 0.6) is 0 Å². The lowest BCUT2D eigenvalue weighted by atomic mass is 10.0. The first-order chi connectivity index (χ1) is 8.05. The van der Waals surface area contributed by atoms with Crippen molar-refractivity contribution in [2.24, 2.45) is 5.73 Å². The summed E-state index contributed by atoms with van der Waals surface area (Å²) in [4.78, 5) is 13.4. The summed E-state index contributed by atoms with van der Waals surface area (Å²) >= 11 is 1.42. The summed E-state index contributed by atoms with van der Waals surface area (Å²) in [7, 11) is 0. The third kappa shape index (κ3) is 3.02. The summed E-state index contributed by atoms with van der Waals surface area (Å²) < 4.78 is 37.7. The van der Waals surface area contributed by atoms with Gasteiger partial charge in [-0.1, -0.05) is 0 Å². The lowest BCUT2D eigenvalue weighted by Crippen LogP contribution is -2.61. The standard InChI is InChI=1S/C11H15F3N2OS/c1-6-4-5-8(18-6)7(2)16-9(17)10(3,15)11(12,13)14/h4-5,7H,15H2,1-3H3,(H,16,17). The van der Waals surface area contributed by atoms with Crippen molar-refractivity contribution < 1.29 is 18.0 Å². The van der Waals surface area contributed by atoms with Crippen molar-refractivity contribution in [1.29, 1.82) is 0 Å². The van der Waals surface area contributed by atoms with Crippen LogP contribution in [0.3, 0.4) is 0 Å². The summed E-state index contributed by atoms with van der Waals surface area (Å²) in [6, 6.07) is 3.11. The Balaban J connectivity index is 2.77. The van der Waals surface area contributed by atoms with E-state index in [1.54, 1.807) is 13.0 Å². The molecule has 0 fully saturated rings. The second-order valence-electron chi connectivity index (χ2n) is 4.34. The number of halogens is 3. The molecule has 0 aromatic carbocycles. The zero-order valence-electron chi connectivity index (χ0n) is 10.3. The zero-order chi connectivity index (χ0) is 14.1. The fourth-order valence-corrected chi connectivity index (χ4v) is 2.11. The Labute approximate surface area is 107 Å². The van der Waals surface area contributed by atoms with Crippen LogP contribution >= 0.6 is 11.3 Å². The third-order valence-corrected chi connectivity index (χ3v) is 3.78. The maximum Gasteiger partial charge on any atom is 0.415 e. The summed E-state index contributed by atoms with van der Waals surface area (Å²) in [5.74, 6) is -1.23. The molecule has 1 aromatic rings. The molecule has 0 spiro atoms. The maximum atomic E-state index is 12.6. The number of nitrogens with one attached hydrogen (secondary N) is 1. The van der Waals surface area contributed by atoms with E-state index in [4.69, 9.17) is 5.73 Å². The predicted molar refractivity (Wildman–Crippen MR) is 64.3 cm³/mol. The molecule has 3 nitrogen and oxygen atoms in total. The number of nitrogens with two attached hydrogens (primary N) is 1. The molecule has 7 heteroatoms. The lowest BCUT2D eigenvalue weighted by molar-refractivity contribution is -0.187. The van der Waals surface area contributed by atoms with E-state index < -0.39 is 23.7 Å². The number of hydrogen-bond acceptors (Lipinski definition) is 3. The van der Waals surface area contributed by atoms with Gasteiger partial charge < -0.3 is 11.1 Å². The van der Waals surface area contributed by atoms with Gasteiger partial charge in [-0.3, -0.25) is 4.79 Å². The van der Waals surface area contributed by atoms with Crippen molar-refractivity contribution in [3.05, 3.63) is 21.9 Å². The largest absolute Gasteiger partial charge is 0.415 e. The number of carbonyl (C=O) groups excluding carboxylic acids is 1. The van der Waals surface area contributed by atoms with E-state index in [1.165, 1.54) is 11.3 Å². The highest BCUT2D eigenvalue weighted by atomic mass is 32.1. The number of aryl methyl sites for hydroxylation is 1. The highest BCUT2D eigenvalue weighted by Gasteiger charge is 2.54. The molecule has 0 aliphatic heterocycles. The SMILES string of the molecule is Cc1ccc(C(C)NC(=O)C(C)(N)C(F)(F)F)s1. The Morgan fingerprint density at radius 1 is 1.44 bits per heavy atom. The normalized spacial score (nSPS) is 17.1. The molecule has 102 valence electrons. The Hall–Kier alpha value is -1.08. The van der Waals surface area contributed by atoms with Gasteiger partial charge in [0.2, 0.25) is 5.91 Å². The number of rotatable bonds is 3. The van der Waals surface area contributed by atoms with Crippen LogP contribution < -0.4 is 11.1 Å². The Kier molecular flexibility index (Phi) is 4.07. The molecule has 0 aliphatic carbocycles. The highest BCUT2D eigenvalue weighted by Crippen LogP contribution is 2.29. The molecule has 0 saturated heterocycles. The van der Waals surface area contributed by atoms with Crippen molar-refractivity contribution in [2.45, 2.75) is 38.5 Å². The minimum atomic E-state index is -4.78. The van der Waals surface area contributed by atoms with E-state index in [2.05, 4.69) is 5.32 Å². The second-order valence-corrected chi connectivity index (χ2v) is 5.66. The average Bonchev–Trinajstić information content (AvgIpc) is 2.62. The topological polar surface area (TPSA) is 55.1 Å². The third-order valence-electron chi connectivity index (χ3n) is 2.60. The summed E-state index contributed by atoms with van der Waals surface area (Å²) in [6.45, 7) is 4.16. The monoisotopic (exact) mass is 280 g/mol.